The molecule has 1 N–H and O–H groups in total. The standard InChI is InChI=1S/C13H26O4/c1-8(2)15-7-13(6)12(16-9(3)4)11(14)10(5)17-13/h8-12,14H,7H2,1-6H3/t10-,11+,12?,13+/m0/s1. The molecule has 0 aromatic carbocycles. The van der Waals surface area contributed by atoms with Crippen molar-refractivity contribution in [2.45, 2.75) is 77.7 Å². The van der Waals surface area contributed by atoms with Crippen LogP contribution in [-0.2, 0) is 14.2 Å². The fourth-order valence-electron chi connectivity index (χ4n) is 2.13. The molecule has 1 saturated heterocycles. The van der Waals surface area contributed by atoms with Gasteiger partial charge in [0.25, 0.3) is 0 Å². The van der Waals surface area contributed by atoms with Gasteiger partial charge in [-0.25, -0.2) is 0 Å². The topological polar surface area (TPSA) is 47.9 Å². The summed E-state index contributed by atoms with van der Waals surface area (Å²) in [6, 6.07) is 0. The lowest BCUT2D eigenvalue weighted by molar-refractivity contribution is -0.148. The molecular weight excluding hydrogens is 220 g/mol. The summed E-state index contributed by atoms with van der Waals surface area (Å²) in [7, 11) is 0. The molecule has 0 amide bonds. The molecule has 1 unspecified atom stereocenters. The van der Waals surface area contributed by atoms with Gasteiger partial charge in [0.1, 0.15) is 17.8 Å². The number of rotatable bonds is 5. The van der Waals surface area contributed by atoms with Crippen molar-refractivity contribution in [2.24, 2.45) is 0 Å². The zero-order chi connectivity index (χ0) is 13.2. The van der Waals surface area contributed by atoms with Crippen LogP contribution in [0.1, 0.15) is 41.5 Å². The summed E-state index contributed by atoms with van der Waals surface area (Å²) in [4.78, 5) is 0. The minimum atomic E-state index is -0.599. The SMILES string of the molecule is CC(C)OC[C@@]1(C)O[C@@H](C)[C@@H](O)C1OC(C)C. The van der Waals surface area contributed by atoms with Crippen LogP contribution in [0.15, 0.2) is 0 Å². The molecular formula is C13H26O4. The van der Waals surface area contributed by atoms with Crippen LogP contribution in [0.3, 0.4) is 0 Å². The predicted octanol–water partition coefficient (Wildman–Crippen LogP) is 1.74. The van der Waals surface area contributed by atoms with Crippen molar-refractivity contribution in [1.82, 2.24) is 0 Å². The van der Waals surface area contributed by atoms with Crippen molar-refractivity contribution in [3.05, 3.63) is 0 Å². The molecule has 0 aromatic rings. The van der Waals surface area contributed by atoms with Gasteiger partial charge in [-0.3, -0.25) is 0 Å². The maximum atomic E-state index is 10.1. The molecule has 1 fully saturated rings. The third-order valence-corrected chi connectivity index (χ3v) is 2.97. The van der Waals surface area contributed by atoms with Crippen molar-refractivity contribution in [1.29, 1.82) is 0 Å². The highest BCUT2D eigenvalue weighted by Crippen LogP contribution is 2.34. The van der Waals surface area contributed by atoms with E-state index in [0.29, 0.717) is 6.61 Å². The molecule has 4 heteroatoms. The molecule has 0 saturated carbocycles. The Morgan fingerprint density at radius 1 is 1.24 bits per heavy atom. The Bertz CT molecular complexity index is 242. The van der Waals surface area contributed by atoms with Crippen molar-refractivity contribution < 1.29 is 19.3 Å². The zero-order valence-corrected chi connectivity index (χ0v) is 11.8. The van der Waals surface area contributed by atoms with Crippen LogP contribution >= 0.6 is 0 Å². The molecule has 0 bridgehead atoms. The van der Waals surface area contributed by atoms with Gasteiger partial charge in [0.15, 0.2) is 0 Å². The van der Waals surface area contributed by atoms with Crippen LogP contribution in [0.2, 0.25) is 0 Å². The second kappa shape index (κ2) is 5.65. The van der Waals surface area contributed by atoms with Gasteiger partial charge < -0.3 is 19.3 Å². The summed E-state index contributed by atoms with van der Waals surface area (Å²) in [6.07, 6.45) is -0.959. The molecule has 0 aliphatic carbocycles. The third-order valence-electron chi connectivity index (χ3n) is 2.97. The van der Waals surface area contributed by atoms with E-state index in [4.69, 9.17) is 14.2 Å². The first-order valence-electron chi connectivity index (χ1n) is 6.39. The lowest BCUT2D eigenvalue weighted by Crippen LogP contribution is -2.47. The summed E-state index contributed by atoms with van der Waals surface area (Å²) >= 11 is 0. The molecule has 4 nitrogen and oxygen atoms in total. The molecule has 1 aliphatic heterocycles. The average Bonchev–Trinajstić information content (AvgIpc) is 2.40. The monoisotopic (exact) mass is 246 g/mol. The predicted molar refractivity (Wildman–Crippen MR) is 66.1 cm³/mol. The van der Waals surface area contributed by atoms with E-state index in [1.165, 1.54) is 0 Å². The first-order valence-corrected chi connectivity index (χ1v) is 6.39. The minimum Gasteiger partial charge on any atom is -0.388 e. The molecule has 4 atom stereocenters. The number of aliphatic hydroxyl groups excluding tert-OH is 1. The van der Waals surface area contributed by atoms with Crippen molar-refractivity contribution in [2.75, 3.05) is 6.61 Å². The average molecular weight is 246 g/mol. The first-order chi connectivity index (χ1) is 7.76. The molecule has 1 aliphatic rings. The second-order valence-electron chi connectivity index (χ2n) is 5.59. The number of hydrogen-bond acceptors (Lipinski definition) is 4. The maximum Gasteiger partial charge on any atom is 0.118 e. The number of ether oxygens (including phenoxy) is 3. The van der Waals surface area contributed by atoms with Crippen molar-refractivity contribution >= 4 is 0 Å². The van der Waals surface area contributed by atoms with E-state index in [2.05, 4.69) is 0 Å². The van der Waals surface area contributed by atoms with Crippen LogP contribution in [0, 0.1) is 0 Å². The Morgan fingerprint density at radius 2 is 1.82 bits per heavy atom. The molecule has 1 rings (SSSR count). The fraction of sp³-hybridized carbons (Fsp3) is 1.00. The highest BCUT2D eigenvalue weighted by molar-refractivity contribution is 4.99. The van der Waals surface area contributed by atoms with E-state index < -0.39 is 11.7 Å². The van der Waals surface area contributed by atoms with Gasteiger partial charge in [0, 0.05) is 0 Å². The van der Waals surface area contributed by atoms with E-state index in [-0.39, 0.29) is 24.4 Å². The van der Waals surface area contributed by atoms with E-state index in [1.807, 2.05) is 41.5 Å². The maximum absolute atomic E-state index is 10.1. The number of hydrogen-bond donors (Lipinski definition) is 1. The molecule has 0 radical (unpaired) electrons. The van der Waals surface area contributed by atoms with Gasteiger partial charge in [-0.2, -0.15) is 0 Å². The first kappa shape index (κ1) is 14.9. The van der Waals surface area contributed by atoms with E-state index in [1.54, 1.807) is 0 Å². The van der Waals surface area contributed by atoms with Gasteiger partial charge in [0.2, 0.25) is 0 Å². The van der Waals surface area contributed by atoms with Crippen molar-refractivity contribution in [3.8, 4) is 0 Å². The highest BCUT2D eigenvalue weighted by atomic mass is 16.6. The summed E-state index contributed by atoms with van der Waals surface area (Å²) in [6.45, 7) is 12.1. The summed E-state index contributed by atoms with van der Waals surface area (Å²) in [5.74, 6) is 0. The van der Waals surface area contributed by atoms with E-state index >= 15 is 0 Å². The van der Waals surface area contributed by atoms with Crippen LogP contribution < -0.4 is 0 Å². The lowest BCUT2D eigenvalue weighted by Gasteiger charge is -2.32. The summed E-state index contributed by atoms with van der Waals surface area (Å²) < 4.78 is 17.2. The van der Waals surface area contributed by atoms with Crippen LogP contribution in [0.4, 0.5) is 0 Å². The van der Waals surface area contributed by atoms with Crippen LogP contribution in [0.5, 0.6) is 0 Å². The van der Waals surface area contributed by atoms with Gasteiger partial charge in [0.05, 0.1) is 24.9 Å². The van der Waals surface area contributed by atoms with E-state index in [0.717, 1.165) is 0 Å². The smallest absolute Gasteiger partial charge is 0.118 e. The van der Waals surface area contributed by atoms with Crippen LogP contribution in [0.25, 0.3) is 0 Å². The Labute approximate surface area is 104 Å². The zero-order valence-electron chi connectivity index (χ0n) is 11.8. The Hall–Kier alpha value is -0.160. The third kappa shape index (κ3) is 3.65. The highest BCUT2D eigenvalue weighted by Gasteiger charge is 2.51. The second-order valence-corrected chi connectivity index (χ2v) is 5.59. The minimum absolute atomic E-state index is 0.0573. The van der Waals surface area contributed by atoms with Crippen LogP contribution in [-0.4, -0.2) is 47.8 Å². The quantitative estimate of drug-likeness (QED) is 0.803. The normalized spacial score (nSPS) is 38.3. The lowest BCUT2D eigenvalue weighted by atomic mass is 9.97. The molecule has 102 valence electrons. The Balaban J connectivity index is 2.72. The Morgan fingerprint density at radius 3 is 2.29 bits per heavy atom. The Kier molecular flexibility index (Phi) is 4.95. The molecule has 17 heavy (non-hydrogen) atoms. The van der Waals surface area contributed by atoms with Crippen molar-refractivity contribution in [3.63, 3.8) is 0 Å². The number of aliphatic hydroxyl groups is 1. The largest absolute Gasteiger partial charge is 0.388 e. The van der Waals surface area contributed by atoms with Gasteiger partial charge in [-0.15, -0.1) is 0 Å². The van der Waals surface area contributed by atoms with E-state index in [9.17, 15) is 5.11 Å². The molecule has 0 aromatic heterocycles. The fourth-order valence-corrected chi connectivity index (χ4v) is 2.13. The summed E-state index contributed by atoms with van der Waals surface area (Å²) in [5, 5.41) is 10.1. The van der Waals surface area contributed by atoms with Gasteiger partial charge in [-0.05, 0) is 41.5 Å². The van der Waals surface area contributed by atoms with Gasteiger partial charge in [-0.1, -0.05) is 0 Å². The molecule has 0 spiro atoms. The van der Waals surface area contributed by atoms with Gasteiger partial charge >= 0.3 is 0 Å². The molecule has 1 heterocycles. The summed E-state index contributed by atoms with van der Waals surface area (Å²) in [5.41, 5.74) is -0.576.